The van der Waals surface area contributed by atoms with Crippen LogP contribution in [0.25, 0.3) is 0 Å². The SMILES string of the molecule is CCC(=O)N=C1NC(=O)CN1C. The van der Waals surface area contributed by atoms with Gasteiger partial charge in [-0.3, -0.25) is 14.9 Å². The molecule has 5 heteroatoms. The summed E-state index contributed by atoms with van der Waals surface area (Å²) < 4.78 is 0. The van der Waals surface area contributed by atoms with Gasteiger partial charge in [0.15, 0.2) is 0 Å². The number of guanidine groups is 1. The van der Waals surface area contributed by atoms with Crippen LogP contribution in [-0.4, -0.2) is 36.3 Å². The van der Waals surface area contributed by atoms with Crippen molar-refractivity contribution in [2.45, 2.75) is 13.3 Å². The molecule has 1 aliphatic rings. The second-order valence-electron chi connectivity index (χ2n) is 2.59. The van der Waals surface area contributed by atoms with Gasteiger partial charge in [-0.2, -0.15) is 4.99 Å². The molecule has 0 aromatic heterocycles. The van der Waals surface area contributed by atoms with Crippen molar-refractivity contribution in [3.05, 3.63) is 0 Å². The van der Waals surface area contributed by atoms with E-state index in [0.29, 0.717) is 12.4 Å². The molecular weight excluding hydrogens is 158 g/mol. The molecule has 0 aliphatic carbocycles. The van der Waals surface area contributed by atoms with Crippen molar-refractivity contribution in [2.75, 3.05) is 13.6 Å². The number of carbonyl (C=O) groups is 2. The quantitative estimate of drug-likeness (QED) is 0.567. The molecule has 0 aromatic carbocycles. The smallest absolute Gasteiger partial charge is 0.248 e. The van der Waals surface area contributed by atoms with E-state index >= 15 is 0 Å². The summed E-state index contributed by atoms with van der Waals surface area (Å²) in [4.78, 5) is 26.9. The Morgan fingerprint density at radius 3 is 2.83 bits per heavy atom. The summed E-state index contributed by atoms with van der Waals surface area (Å²) in [7, 11) is 1.71. The zero-order chi connectivity index (χ0) is 9.14. The number of amides is 2. The second kappa shape index (κ2) is 3.34. The fraction of sp³-hybridized carbons (Fsp3) is 0.571. The van der Waals surface area contributed by atoms with E-state index < -0.39 is 0 Å². The van der Waals surface area contributed by atoms with Crippen LogP contribution in [0.1, 0.15) is 13.3 Å². The number of nitrogens with zero attached hydrogens (tertiary/aromatic N) is 2. The average molecular weight is 169 g/mol. The Hall–Kier alpha value is -1.39. The lowest BCUT2D eigenvalue weighted by atomic mass is 10.5. The molecule has 0 atom stereocenters. The van der Waals surface area contributed by atoms with Crippen molar-refractivity contribution >= 4 is 17.8 Å². The Bertz CT molecular complexity index is 247. The van der Waals surface area contributed by atoms with E-state index in [-0.39, 0.29) is 18.4 Å². The van der Waals surface area contributed by atoms with Gasteiger partial charge in [-0.1, -0.05) is 6.92 Å². The molecule has 1 fully saturated rings. The lowest BCUT2D eigenvalue weighted by Crippen LogP contribution is -2.28. The number of hydrogen-bond acceptors (Lipinski definition) is 2. The predicted molar refractivity (Wildman–Crippen MR) is 43.5 cm³/mol. The summed E-state index contributed by atoms with van der Waals surface area (Å²) >= 11 is 0. The summed E-state index contributed by atoms with van der Waals surface area (Å²) in [5, 5.41) is 2.48. The summed E-state index contributed by atoms with van der Waals surface area (Å²) in [5.41, 5.74) is 0. The van der Waals surface area contributed by atoms with E-state index in [1.165, 1.54) is 0 Å². The molecule has 0 spiro atoms. The Balaban J connectivity index is 2.69. The van der Waals surface area contributed by atoms with Crippen molar-refractivity contribution in [2.24, 2.45) is 4.99 Å². The van der Waals surface area contributed by atoms with Crippen molar-refractivity contribution in [3.63, 3.8) is 0 Å². The van der Waals surface area contributed by atoms with E-state index in [9.17, 15) is 9.59 Å². The molecule has 1 heterocycles. The van der Waals surface area contributed by atoms with E-state index in [1.54, 1.807) is 18.9 Å². The third kappa shape index (κ3) is 1.81. The summed E-state index contributed by atoms with van der Waals surface area (Å²) in [6.45, 7) is 2.00. The molecule has 0 bridgehead atoms. The molecular formula is C7H11N3O2. The molecule has 1 N–H and O–H groups in total. The number of likely N-dealkylation sites (N-methyl/N-ethyl adjacent to an activating group) is 1. The Kier molecular flexibility index (Phi) is 2.42. The van der Waals surface area contributed by atoms with Crippen LogP contribution in [0.15, 0.2) is 4.99 Å². The largest absolute Gasteiger partial charge is 0.336 e. The first kappa shape index (κ1) is 8.70. The first-order valence-corrected chi connectivity index (χ1v) is 3.76. The molecule has 1 saturated heterocycles. The van der Waals surface area contributed by atoms with Gasteiger partial charge in [0, 0.05) is 13.5 Å². The maximum Gasteiger partial charge on any atom is 0.248 e. The molecule has 0 aromatic rings. The highest BCUT2D eigenvalue weighted by Gasteiger charge is 2.21. The maximum absolute atomic E-state index is 10.9. The molecule has 5 nitrogen and oxygen atoms in total. The molecule has 12 heavy (non-hydrogen) atoms. The summed E-state index contributed by atoms with van der Waals surface area (Å²) in [6, 6.07) is 0. The minimum absolute atomic E-state index is 0.125. The molecule has 1 aliphatic heterocycles. The maximum atomic E-state index is 10.9. The normalized spacial score (nSPS) is 20.0. The molecule has 66 valence electrons. The zero-order valence-corrected chi connectivity index (χ0v) is 7.13. The van der Waals surface area contributed by atoms with Crippen LogP contribution >= 0.6 is 0 Å². The number of carbonyl (C=O) groups excluding carboxylic acids is 2. The fourth-order valence-corrected chi connectivity index (χ4v) is 0.860. The van der Waals surface area contributed by atoms with Gasteiger partial charge >= 0.3 is 0 Å². The molecule has 1 rings (SSSR count). The van der Waals surface area contributed by atoms with Gasteiger partial charge < -0.3 is 4.90 Å². The van der Waals surface area contributed by atoms with Gasteiger partial charge in [0.2, 0.25) is 17.8 Å². The highest BCUT2D eigenvalue weighted by Crippen LogP contribution is 1.95. The number of nitrogens with one attached hydrogen (secondary N) is 1. The minimum Gasteiger partial charge on any atom is -0.336 e. The summed E-state index contributed by atoms with van der Waals surface area (Å²) in [5.74, 6) is 0.00560. The molecule has 0 saturated carbocycles. The molecule has 0 unspecified atom stereocenters. The number of hydrogen-bond donors (Lipinski definition) is 1. The van der Waals surface area contributed by atoms with Crippen LogP contribution in [0.5, 0.6) is 0 Å². The lowest BCUT2D eigenvalue weighted by Gasteiger charge is -2.06. The Morgan fingerprint density at radius 1 is 1.75 bits per heavy atom. The molecule has 0 radical (unpaired) electrons. The van der Waals surface area contributed by atoms with Gasteiger partial charge in [-0.05, 0) is 0 Å². The topological polar surface area (TPSA) is 61.8 Å². The van der Waals surface area contributed by atoms with Crippen LogP contribution in [0.4, 0.5) is 0 Å². The Morgan fingerprint density at radius 2 is 2.42 bits per heavy atom. The van der Waals surface area contributed by atoms with E-state index in [4.69, 9.17) is 0 Å². The standard InChI is InChI=1S/C7H11N3O2/c1-3-5(11)8-7-9-6(12)4-10(7)2/h3-4H2,1-2H3,(H,8,9,11,12). The Labute approximate surface area is 70.5 Å². The monoisotopic (exact) mass is 169 g/mol. The lowest BCUT2D eigenvalue weighted by molar-refractivity contribution is -0.118. The van der Waals surface area contributed by atoms with Crippen LogP contribution < -0.4 is 5.32 Å². The first-order chi connectivity index (χ1) is 5.63. The van der Waals surface area contributed by atoms with Crippen molar-refractivity contribution in [3.8, 4) is 0 Å². The van der Waals surface area contributed by atoms with E-state index in [1.807, 2.05) is 0 Å². The van der Waals surface area contributed by atoms with Gasteiger partial charge in [0.1, 0.15) is 0 Å². The summed E-state index contributed by atoms with van der Waals surface area (Å²) in [6.07, 6.45) is 0.354. The van der Waals surface area contributed by atoms with Crippen LogP contribution in [-0.2, 0) is 9.59 Å². The average Bonchev–Trinajstić information content (AvgIpc) is 2.30. The highest BCUT2D eigenvalue weighted by atomic mass is 16.2. The first-order valence-electron chi connectivity index (χ1n) is 3.76. The van der Waals surface area contributed by atoms with Gasteiger partial charge in [0.25, 0.3) is 0 Å². The number of aliphatic imine (C=N–C) groups is 1. The second-order valence-corrected chi connectivity index (χ2v) is 2.59. The third-order valence-electron chi connectivity index (χ3n) is 1.53. The van der Waals surface area contributed by atoms with E-state index in [2.05, 4.69) is 10.3 Å². The fourth-order valence-electron chi connectivity index (χ4n) is 0.860. The van der Waals surface area contributed by atoms with Crippen molar-refractivity contribution in [1.82, 2.24) is 10.2 Å². The molecule has 2 amide bonds. The van der Waals surface area contributed by atoms with Crippen LogP contribution in [0, 0.1) is 0 Å². The van der Waals surface area contributed by atoms with Gasteiger partial charge in [0.05, 0.1) is 6.54 Å². The minimum atomic E-state index is -0.223. The van der Waals surface area contributed by atoms with Crippen molar-refractivity contribution in [1.29, 1.82) is 0 Å². The van der Waals surface area contributed by atoms with Crippen LogP contribution in [0.3, 0.4) is 0 Å². The predicted octanol–water partition coefficient (Wildman–Crippen LogP) is -0.659. The van der Waals surface area contributed by atoms with Gasteiger partial charge in [-0.25, -0.2) is 0 Å². The third-order valence-corrected chi connectivity index (χ3v) is 1.53. The number of rotatable bonds is 1. The van der Waals surface area contributed by atoms with E-state index in [0.717, 1.165) is 0 Å². The van der Waals surface area contributed by atoms with Gasteiger partial charge in [-0.15, -0.1) is 0 Å². The zero-order valence-electron chi connectivity index (χ0n) is 7.13. The highest BCUT2D eigenvalue weighted by molar-refractivity contribution is 6.07. The van der Waals surface area contributed by atoms with Crippen molar-refractivity contribution < 1.29 is 9.59 Å². The van der Waals surface area contributed by atoms with Crippen LogP contribution in [0.2, 0.25) is 0 Å².